The van der Waals surface area contributed by atoms with Gasteiger partial charge in [-0.2, -0.15) is 0 Å². The smallest absolute Gasteiger partial charge is 0.323 e. The Kier molecular flexibility index (Phi) is 10.9. The number of aliphatic hydroxyl groups is 1. The van der Waals surface area contributed by atoms with E-state index in [0.717, 1.165) is 0 Å². The number of ether oxygens (including phenoxy) is 1. The van der Waals surface area contributed by atoms with Gasteiger partial charge in [0, 0.05) is 24.2 Å². The van der Waals surface area contributed by atoms with Gasteiger partial charge in [-0.15, -0.1) is 0 Å². The van der Waals surface area contributed by atoms with Gasteiger partial charge in [0.05, 0.1) is 35.2 Å². The highest BCUT2D eigenvalue weighted by molar-refractivity contribution is 5.94. The van der Waals surface area contributed by atoms with Crippen molar-refractivity contribution in [1.82, 2.24) is 25.3 Å². The third kappa shape index (κ3) is 9.88. The highest BCUT2D eigenvalue weighted by atomic mass is 19.1. The highest BCUT2D eigenvalue weighted by Gasteiger charge is 2.34. The number of carbonyl (C=O) groups excluding carboxylic acids is 3. The lowest BCUT2D eigenvalue weighted by atomic mass is 9.87. The van der Waals surface area contributed by atoms with E-state index in [0.29, 0.717) is 22.3 Å². The zero-order valence-electron chi connectivity index (χ0n) is 25.2. The van der Waals surface area contributed by atoms with E-state index < -0.39 is 53.3 Å². The van der Waals surface area contributed by atoms with Crippen molar-refractivity contribution in [2.24, 2.45) is 17.4 Å². The molecule has 7 N–H and O–H groups in total. The fourth-order valence-corrected chi connectivity index (χ4v) is 4.93. The summed E-state index contributed by atoms with van der Waals surface area (Å²) in [6, 6.07) is 10.8. The topological polar surface area (TPSA) is 199 Å². The Balaban J connectivity index is 1.67. The fourth-order valence-electron chi connectivity index (χ4n) is 4.93. The van der Waals surface area contributed by atoms with Crippen molar-refractivity contribution >= 4 is 28.8 Å². The van der Waals surface area contributed by atoms with Gasteiger partial charge >= 0.3 is 5.97 Å². The molecule has 0 saturated carbocycles. The average Bonchev–Trinajstić information content (AvgIpc) is 3.50. The van der Waals surface area contributed by atoms with Gasteiger partial charge in [-0.05, 0) is 69.4 Å². The summed E-state index contributed by atoms with van der Waals surface area (Å²) in [4.78, 5) is 55.0. The number of nitrogens with one attached hydrogen (secondary N) is 2. The predicted octanol–water partition coefficient (Wildman–Crippen LogP) is 2.36. The third-order valence-electron chi connectivity index (χ3n) is 7.38. The normalized spacial score (nSPS) is 14.3. The molecule has 3 unspecified atom stereocenters. The summed E-state index contributed by atoms with van der Waals surface area (Å²) in [6.07, 6.45) is 3.61. The maximum atomic E-state index is 14.2. The Labute approximate surface area is 259 Å². The van der Waals surface area contributed by atoms with Crippen LogP contribution in [0.15, 0.2) is 67.3 Å². The van der Waals surface area contributed by atoms with Gasteiger partial charge in [-0.1, -0.05) is 24.3 Å². The number of halogens is 1. The Morgan fingerprint density at radius 3 is 2.51 bits per heavy atom. The molecule has 45 heavy (non-hydrogen) atoms. The number of esters is 1. The number of hydrogen-bond donors (Lipinski definition) is 5. The number of rotatable bonds is 15. The number of aromatic nitrogens is 4. The first-order valence-corrected chi connectivity index (χ1v) is 14.6. The van der Waals surface area contributed by atoms with Crippen LogP contribution in [-0.2, 0) is 27.2 Å². The SMILES string of the molecule is CC(C)(O)CCC(CC(OC(=O)C(N)Cc1cnc[nH]1)[C@H](Cc1cccc(F)c1)NC(=O)c1cnc2ccccc2n1)C(N)=O. The minimum absolute atomic E-state index is 0.00689. The first-order valence-electron chi connectivity index (χ1n) is 14.6. The second kappa shape index (κ2) is 14.8. The molecule has 238 valence electrons. The highest BCUT2D eigenvalue weighted by Crippen LogP contribution is 2.24. The number of nitrogens with zero attached hydrogens (tertiary/aromatic N) is 3. The molecule has 4 atom stereocenters. The summed E-state index contributed by atoms with van der Waals surface area (Å²) >= 11 is 0. The zero-order chi connectivity index (χ0) is 32.6. The molecule has 0 bridgehead atoms. The molecular formula is C32H38FN7O5. The Hall–Kier alpha value is -4.75. The molecule has 2 amide bonds. The molecule has 0 fully saturated rings. The standard InChI is InChI=1S/C32H38FN7O5/c1-32(2,44)11-10-20(29(35)41)14-28(45-31(43)23(34)15-22-16-36-18-38-22)26(13-19-6-5-7-21(33)12-19)40-30(42)27-17-37-24-8-3-4-9-25(24)39-27/h3-9,12,16-18,20,23,26,28,44H,10-11,13-15,34H2,1-2H3,(H2,35,41)(H,36,38)(H,40,42)/t20?,23?,26-,28?/m0/s1. The van der Waals surface area contributed by atoms with Crippen LogP contribution in [0.1, 0.15) is 54.9 Å². The molecule has 0 aliphatic rings. The summed E-state index contributed by atoms with van der Waals surface area (Å²) in [5.41, 5.74) is 13.1. The fraction of sp³-hybridized carbons (Fsp3) is 0.375. The lowest BCUT2D eigenvalue weighted by Crippen LogP contribution is -2.50. The number of imidazole rings is 1. The lowest BCUT2D eigenvalue weighted by Gasteiger charge is -2.31. The van der Waals surface area contributed by atoms with Crippen LogP contribution in [0.5, 0.6) is 0 Å². The number of aromatic amines is 1. The molecule has 2 aromatic carbocycles. The zero-order valence-corrected chi connectivity index (χ0v) is 25.2. The monoisotopic (exact) mass is 619 g/mol. The Bertz CT molecular complexity index is 1610. The van der Waals surface area contributed by atoms with E-state index in [9.17, 15) is 23.9 Å². The van der Waals surface area contributed by atoms with Crippen LogP contribution in [0.25, 0.3) is 11.0 Å². The first-order chi connectivity index (χ1) is 21.4. The number of nitrogens with two attached hydrogens (primary N) is 2. The van der Waals surface area contributed by atoms with E-state index in [1.165, 1.54) is 36.9 Å². The predicted molar refractivity (Wildman–Crippen MR) is 164 cm³/mol. The van der Waals surface area contributed by atoms with E-state index in [-0.39, 0.29) is 37.8 Å². The van der Waals surface area contributed by atoms with E-state index >= 15 is 0 Å². The maximum Gasteiger partial charge on any atom is 0.323 e. The quantitative estimate of drug-likeness (QED) is 0.124. The number of H-pyrrole nitrogens is 1. The Morgan fingerprint density at radius 2 is 1.84 bits per heavy atom. The van der Waals surface area contributed by atoms with Crippen molar-refractivity contribution in [2.75, 3.05) is 0 Å². The van der Waals surface area contributed by atoms with E-state index in [1.54, 1.807) is 44.2 Å². The number of carbonyl (C=O) groups is 3. The minimum Gasteiger partial charge on any atom is -0.459 e. The second-order valence-electron chi connectivity index (χ2n) is 11.7. The number of fused-ring (bicyclic) bond motifs is 1. The van der Waals surface area contributed by atoms with Gasteiger partial charge in [0.25, 0.3) is 5.91 Å². The molecule has 0 radical (unpaired) electrons. The van der Waals surface area contributed by atoms with Crippen molar-refractivity contribution in [3.8, 4) is 0 Å². The van der Waals surface area contributed by atoms with E-state index in [4.69, 9.17) is 16.2 Å². The van der Waals surface area contributed by atoms with E-state index in [1.807, 2.05) is 0 Å². The molecule has 2 aromatic heterocycles. The van der Waals surface area contributed by atoms with Gasteiger partial charge in [0.2, 0.25) is 5.91 Å². The number of benzene rings is 2. The minimum atomic E-state index is -1.13. The summed E-state index contributed by atoms with van der Waals surface area (Å²) in [5, 5.41) is 13.2. The van der Waals surface area contributed by atoms with Gasteiger partial charge in [0.1, 0.15) is 23.7 Å². The van der Waals surface area contributed by atoms with Crippen molar-refractivity contribution in [2.45, 2.75) is 69.7 Å². The molecule has 4 aromatic rings. The molecule has 0 spiro atoms. The lowest BCUT2D eigenvalue weighted by molar-refractivity contribution is -0.154. The van der Waals surface area contributed by atoms with Crippen LogP contribution in [0.2, 0.25) is 0 Å². The molecule has 4 rings (SSSR count). The number of hydrogen-bond acceptors (Lipinski definition) is 9. The number of para-hydroxylation sites is 2. The van der Waals surface area contributed by atoms with Gasteiger partial charge in [0.15, 0.2) is 0 Å². The van der Waals surface area contributed by atoms with Crippen LogP contribution in [0.4, 0.5) is 4.39 Å². The largest absolute Gasteiger partial charge is 0.459 e. The van der Waals surface area contributed by atoms with Crippen molar-refractivity contribution in [3.05, 3.63) is 90.0 Å². The van der Waals surface area contributed by atoms with Crippen molar-refractivity contribution in [1.29, 1.82) is 0 Å². The van der Waals surface area contributed by atoms with Crippen LogP contribution < -0.4 is 16.8 Å². The molecule has 2 heterocycles. The van der Waals surface area contributed by atoms with Crippen LogP contribution in [-0.4, -0.2) is 66.6 Å². The van der Waals surface area contributed by atoms with Crippen LogP contribution in [0.3, 0.4) is 0 Å². The number of amides is 2. The first kappa shape index (κ1) is 33.1. The maximum absolute atomic E-state index is 14.2. The van der Waals surface area contributed by atoms with Crippen LogP contribution in [0, 0.1) is 11.7 Å². The van der Waals surface area contributed by atoms with E-state index in [2.05, 4.69) is 25.3 Å². The third-order valence-corrected chi connectivity index (χ3v) is 7.38. The molecule has 0 saturated heterocycles. The summed E-state index contributed by atoms with van der Waals surface area (Å²) in [6.45, 7) is 3.21. The molecule has 0 aliphatic carbocycles. The molecular weight excluding hydrogens is 581 g/mol. The second-order valence-corrected chi connectivity index (χ2v) is 11.7. The summed E-state index contributed by atoms with van der Waals surface area (Å²) in [5.74, 6) is -3.41. The molecule has 13 heteroatoms. The summed E-state index contributed by atoms with van der Waals surface area (Å²) in [7, 11) is 0. The molecule has 12 nitrogen and oxygen atoms in total. The average molecular weight is 620 g/mol. The van der Waals surface area contributed by atoms with Crippen LogP contribution >= 0.6 is 0 Å². The van der Waals surface area contributed by atoms with Crippen molar-refractivity contribution < 1.29 is 28.6 Å². The Morgan fingerprint density at radius 1 is 1.09 bits per heavy atom. The van der Waals surface area contributed by atoms with Gasteiger partial charge in [-0.25, -0.2) is 14.4 Å². The van der Waals surface area contributed by atoms with Gasteiger partial charge < -0.3 is 31.6 Å². The van der Waals surface area contributed by atoms with Crippen molar-refractivity contribution in [3.63, 3.8) is 0 Å². The number of primary amides is 1. The van der Waals surface area contributed by atoms with Gasteiger partial charge in [-0.3, -0.25) is 19.4 Å². The molecule has 0 aliphatic heterocycles. The summed E-state index contributed by atoms with van der Waals surface area (Å²) < 4.78 is 20.2.